The van der Waals surface area contributed by atoms with Crippen LogP contribution in [-0.4, -0.2) is 28.0 Å². The Kier molecular flexibility index (Phi) is 20.0. The van der Waals surface area contributed by atoms with Crippen LogP contribution in [0.4, 0.5) is 11.4 Å². The molecule has 0 aliphatic rings. The molecule has 8 heteroatoms. The Morgan fingerprint density at radius 2 is 0.886 bits per heavy atom. The first-order chi connectivity index (χ1) is 20.3. The maximum absolute atomic E-state index is 9.88. The van der Waals surface area contributed by atoms with Gasteiger partial charge in [0.25, 0.3) is 0 Å². The maximum Gasteiger partial charge on any atom is 4.00 e. The Bertz CT molecular complexity index is 1320. The average molecular weight is 775 g/mol. The molecule has 4 rings (SSSR count). The summed E-state index contributed by atoms with van der Waals surface area (Å²) < 4.78 is 5.58. The fourth-order valence-corrected chi connectivity index (χ4v) is 4.28. The van der Waals surface area contributed by atoms with E-state index in [4.69, 9.17) is 9.36 Å². The molecule has 0 saturated carbocycles. The summed E-state index contributed by atoms with van der Waals surface area (Å²) in [5.74, 6) is 0. The second kappa shape index (κ2) is 21.5. The van der Waals surface area contributed by atoms with Gasteiger partial charge in [-0.05, 0) is 61.2 Å². The van der Waals surface area contributed by atoms with Gasteiger partial charge >= 0.3 is 25.8 Å². The monoisotopic (exact) mass is 776 g/mol. The second-order valence-corrected chi connectivity index (χ2v) is 15.4. The molecular weight excluding hydrogens is 731 g/mol. The molecule has 4 aromatic rings. The Morgan fingerprint density at radius 3 is 1.14 bits per heavy atom. The Morgan fingerprint density at radius 1 is 0.568 bits per heavy atom. The van der Waals surface area contributed by atoms with Crippen LogP contribution in [-0.2, 0) is 44.8 Å². The predicted octanol–water partition coefficient (Wildman–Crippen LogP) is 9.85. The summed E-state index contributed by atoms with van der Waals surface area (Å²) in [6, 6.07) is 26.3. The first-order valence-electron chi connectivity index (χ1n) is 14.0. The summed E-state index contributed by atoms with van der Waals surface area (Å²) in [6.07, 6.45) is 3.55. The van der Waals surface area contributed by atoms with E-state index in [1.165, 1.54) is 22.3 Å². The quantitative estimate of drug-likeness (QED) is 0.106. The van der Waals surface area contributed by atoms with Gasteiger partial charge in [0.15, 0.2) is 8.32 Å². The number of aryl methyl sites for hydroxylation is 6. The number of hydrogen-bond acceptors (Lipinski definition) is 4. The molecule has 0 bridgehead atoms. The van der Waals surface area contributed by atoms with Crippen LogP contribution in [0, 0.1) is 41.5 Å². The molecule has 230 valence electrons. The third-order valence-corrected chi connectivity index (χ3v) is 6.29. The fraction of sp³-hybridized carbons (Fsp3) is 0.278. The molecule has 0 aromatic heterocycles. The Hall–Kier alpha value is -3.17. The summed E-state index contributed by atoms with van der Waals surface area (Å²) >= 11 is 0. The van der Waals surface area contributed by atoms with Crippen molar-refractivity contribution in [2.75, 3.05) is 7.11 Å². The van der Waals surface area contributed by atoms with Crippen molar-refractivity contribution >= 4 is 32.3 Å². The van der Waals surface area contributed by atoms with Crippen LogP contribution in [0.15, 0.2) is 84.9 Å². The maximum atomic E-state index is 9.88. The third kappa shape index (κ3) is 16.6. The molecule has 0 heterocycles. The zero-order chi connectivity index (χ0) is 32.4. The summed E-state index contributed by atoms with van der Waals surface area (Å²) in [5, 5.41) is 0. The van der Waals surface area contributed by atoms with Gasteiger partial charge in [-0.3, -0.25) is 0 Å². The van der Waals surface area contributed by atoms with Gasteiger partial charge in [-0.1, -0.05) is 69.8 Å². The SMILES string of the molecule is CO[N-]c1c(C)cc(C)cc1C.Cc1cc(C)c([N-]O[Si](C)(C)C)c(C)c1.O=[C-]c1ccccc1.O=[C-]c1ccccc1.[Hf+4]. The van der Waals surface area contributed by atoms with Crippen molar-refractivity contribution in [3.8, 4) is 0 Å². The minimum absolute atomic E-state index is 0. The summed E-state index contributed by atoms with van der Waals surface area (Å²) in [6.45, 7) is 18.8. The zero-order valence-electron chi connectivity index (χ0n) is 27.6. The van der Waals surface area contributed by atoms with Gasteiger partial charge in [0.1, 0.15) is 0 Å². The molecule has 0 aliphatic heterocycles. The van der Waals surface area contributed by atoms with Crippen LogP contribution in [0.5, 0.6) is 0 Å². The van der Waals surface area contributed by atoms with Crippen molar-refractivity contribution in [2.45, 2.75) is 61.2 Å². The Balaban J connectivity index is 0.000000575. The normalized spacial score (nSPS) is 9.77. The molecule has 0 saturated heterocycles. The molecule has 0 spiro atoms. The zero-order valence-corrected chi connectivity index (χ0v) is 32.2. The smallest absolute Gasteiger partial charge is 0.574 e. The van der Waals surface area contributed by atoms with Crippen LogP contribution >= 0.6 is 0 Å². The van der Waals surface area contributed by atoms with Gasteiger partial charge in [-0.15, -0.1) is 35.6 Å². The van der Waals surface area contributed by atoms with E-state index in [2.05, 4.69) is 82.6 Å². The average Bonchev–Trinajstić information content (AvgIpc) is 2.95. The molecule has 0 N–H and O–H groups in total. The van der Waals surface area contributed by atoms with E-state index in [0.29, 0.717) is 11.1 Å². The first-order valence-corrected chi connectivity index (χ1v) is 17.4. The summed E-state index contributed by atoms with van der Waals surface area (Å²) in [4.78, 5) is 24.5. The number of carbonyl (C=O) groups excluding carboxylic acids is 2. The van der Waals surface area contributed by atoms with E-state index in [9.17, 15) is 9.59 Å². The molecule has 0 aliphatic carbocycles. The molecule has 6 nitrogen and oxygen atoms in total. The largest absolute Gasteiger partial charge is 4.00 e. The number of nitrogens with zero attached hydrogens (tertiary/aromatic N) is 2. The van der Waals surface area contributed by atoms with Gasteiger partial charge in [-0.2, -0.15) is 35.4 Å². The van der Waals surface area contributed by atoms with Crippen molar-refractivity contribution in [1.82, 2.24) is 0 Å². The predicted molar refractivity (Wildman–Crippen MR) is 181 cm³/mol. The Labute approximate surface area is 284 Å². The fourth-order valence-electron chi connectivity index (χ4n) is 3.92. The van der Waals surface area contributed by atoms with Gasteiger partial charge in [0, 0.05) is 7.11 Å². The van der Waals surface area contributed by atoms with Crippen LogP contribution in [0.3, 0.4) is 0 Å². The molecule has 0 unspecified atom stereocenters. The van der Waals surface area contributed by atoms with Crippen molar-refractivity contribution < 1.29 is 44.8 Å². The molecule has 0 radical (unpaired) electrons. The van der Waals surface area contributed by atoms with Crippen LogP contribution < -0.4 is 0 Å². The van der Waals surface area contributed by atoms with Crippen LogP contribution in [0.1, 0.15) is 44.5 Å². The standard InChI is InChI=1S/C12H20NOSi.C10H14NO.2C7H5O.Hf/c1-9-7-10(2)12(11(3)8-9)13-14-15(4,5)6;1-7-5-8(2)10(11-12-4)9(3)6-7;2*8-6-7-4-2-1-3-5-7;/h7-8H,1-6H3;5-6H,1-4H3;2*1-5H;/q4*-1;+4. The third-order valence-electron chi connectivity index (χ3n) is 5.65. The van der Waals surface area contributed by atoms with E-state index >= 15 is 0 Å². The minimum atomic E-state index is -1.57. The van der Waals surface area contributed by atoms with Crippen LogP contribution in [0.2, 0.25) is 19.6 Å². The minimum Gasteiger partial charge on any atom is -0.574 e. The number of benzene rings is 4. The van der Waals surface area contributed by atoms with Crippen molar-refractivity contribution in [1.29, 1.82) is 0 Å². The molecule has 44 heavy (non-hydrogen) atoms. The topological polar surface area (TPSA) is 80.8 Å². The van der Waals surface area contributed by atoms with Crippen molar-refractivity contribution in [2.24, 2.45) is 0 Å². The van der Waals surface area contributed by atoms with Gasteiger partial charge < -0.3 is 29.9 Å². The van der Waals surface area contributed by atoms with E-state index < -0.39 is 8.32 Å². The molecule has 0 amide bonds. The second-order valence-electron chi connectivity index (χ2n) is 11.0. The van der Waals surface area contributed by atoms with Gasteiger partial charge in [0.05, 0.1) is 12.6 Å². The van der Waals surface area contributed by atoms with Crippen molar-refractivity contribution in [3.05, 3.63) is 140 Å². The molecule has 0 fully saturated rings. The van der Waals surface area contributed by atoms with E-state index in [0.717, 1.165) is 22.5 Å². The number of rotatable bonds is 7. The van der Waals surface area contributed by atoms with E-state index in [-0.39, 0.29) is 25.8 Å². The summed E-state index contributed by atoms with van der Waals surface area (Å²) in [5.41, 5.74) is 18.6. The van der Waals surface area contributed by atoms with Gasteiger partial charge in [0.2, 0.25) is 0 Å². The van der Waals surface area contributed by atoms with E-state index in [1.807, 2.05) is 26.0 Å². The van der Waals surface area contributed by atoms with E-state index in [1.54, 1.807) is 68.2 Å². The first kappa shape index (κ1) is 40.8. The number of hydrogen-bond donors (Lipinski definition) is 0. The molecule has 4 aromatic carbocycles. The summed E-state index contributed by atoms with van der Waals surface area (Å²) in [7, 11) is 0.00206. The van der Waals surface area contributed by atoms with Crippen LogP contribution in [0.25, 0.3) is 11.0 Å². The molecule has 0 atom stereocenters. The van der Waals surface area contributed by atoms with Crippen molar-refractivity contribution in [3.63, 3.8) is 0 Å². The van der Waals surface area contributed by atoms with Gasteiger partial charge in [-0.25, -0.2) is 0 Å². The molecular formula is C36H44HfN2O4Si.